The highest BCUT2D eigenvalue weighted by atomic mass is 32.2. The van der Waals surface area contributed by atoms with E-state index in [0.717, 1.165) is 6.26 Å². The zero-order chi connectivity index (χ0) is 15.4. The van der Waals surface area contributed by atoms with Gasteiger partial charge in [0.1, 0.15) is 12.4 Å². The molecule has 114 valence electrons. The molecule has 1 rings (SSSR count). The van der Waals surface area contributed by atoms with Gasteiger partial charge in [-0.05, 0) is 31.2 Å². The Morgan fingerprint density at radius 2 is 1.85 bits per heavy atom. The van der Waals surface area contributed by atoms with Crippen molar-refractivity contribution < 1.29 is 18.3 Å². The molecule has 5 nitrogen and oxygen atoms in total. The van der Waals surface area contributed by atoms with Crippen molar-refractivity contribution in [2.45, 2.75) is 37.2 Å². The molecule has 0 spiro atoms. The van der Waals surface area contributed by atoms with E-state index in [1.54, 1.807) is 12.1 Å². The van der Waals surface area contributed by atoms with Gasteiger partial charge in [-0.25, -0.2) is 8.42 Å². The summed E-state index contributed by atoms with van der Waals surface area (Å²) in [7, 11) is -3.19. The molecule has 0 heterocycles. The van der Waals surface area contributed by atoms with E-state index in [-0.39, 0.29) is 17.5 Å². The van der Waals surface area contributed by atoms with Crippen molar-refractivity contribution in [1.29, 1.82) is 0 Å². The normalized spacial score (nSPS) is 15.1. The van der Waals surface area contributed by atoms with Gasteiger partial charge in [0.2, 0.25) is 0 Å². The number of hydrogen-bond donors (Lipinski definition) is 2. The first kappa shape index (κ1) is 16.9. The molecule has 0 radical (unpaired) electrons. The molecular weight excluding hydrogens is 278 g/mol. The van der Waals surface area contributed by atoms with Crippen LogP contribution in [0.25, 0.3) is 0 Å². The number of hydrogen-bond acceptors (Lipinski definition) is 5. The van der Waals surface area contributed by atoms with Crippen LogP contribution in [0.4, 0.5) is 0 Å². The molecule has 2 N–H and O–H groups in total. The van der Waals surface area contributed by atoms with Gasteiger partial charge < -0.3 is 15.2 Å². The van der Waals surface area contributed by atoms with E-state index in [2.05, 4.69) is 5.32 Å². The standard InChI is InChI=1S/C14H23NO4S/c1-11(2)15-14(3,9-16)10-19-12-5-7-13(8-6-12)20(4,17)18/h5-8,11,15-16H,9-10H2,1-4H3. The number of sulfone groups is 1. The molecule has 6 heteroatoms. The highest BCUT2D eigenvalue weighted by Crippen LogP contribution is 2.17. The van der Waals surface area contributed by atoms with Gasteiger partial charge in [-0.2, -0.15) is 0 Å². The van der Waals surface area contributed by atoms with Gasteiger partial charge in [0.25, 0.3) is 0 Å². The van der Waals surface area contributed by atoms with Crippen LogP contribution in [0, 0.1) is 0 Å². The number of ether oxygens (including phenoxy) is 1. The molecule has 0 aromatic heterocycles. The molecule has 0 bridgehead atoms. The summed E-state index contributed by atoms with van der Waals surface area (Å²) in [6.07, 6.45) is 1.16. The summed E-state index contributed by atoms with van der Waals surface area (Å²) in [5, 5.41) is 12.7. The SMILES string of the molecule is CC(C)NC(C)(CO)COc1ccc(S(C)(=O)=O)cc1. The Balaban J connectivity index is 2.70. The van der Waals surface area contributed by atoms with Gasteiger partial charge in [-0.15, -0.1) is 0 Å². The van der Waals surface area contributed by atoms with Gasteiger partial charge in [-0.3, -0.25) is 0 Å². The van der Waals surface area contributed by atoms with Gasteiger partial charge >= 0.3 is 0 Å². The average Bonchev–Trinajstić information content (AvgIpc) is 2.35. The van der Waals surface area contributed by atoms with Crippen LogP contribution in [0.3, 0.4) is 0 Å². The molecule has 0 aliphatic heterocycles. The number of aliphatic hydroxyl groups is 1. The van der Waals surface area contributed by atoms with Crippen molar-refractivity contribution in [2.24, 2.45) is 0 Å². The molecule has 0 aliphatic rings. The van der Waals surface area contributed by atoms with Crippen LogP contribution in [-0.4, -0.2) is 44.6 Å². The van der Waals surface area contributed by atoms with Gasteiger partial charge in [0, 0.05) is 12.3 Å². The molecule has 1 aromatic rings. The Labute approximate surface area is 120 Å². The number of aliphatic hydroxyl groups excluding tert-OH is 1. The summed E-state index contributed by atoms with van der Waals surface area (Å²) < 4.78 is 28.3. The van der Waals surface area contributed by atoms with Crippen molar-refractivity contribution in [1.82, 2.24) is 5.32 Å². The van der Waals surface area contributed by atoms with E-state index in [4.69, 9.17) is 4.74 Å². The number of benzene rings is 1. The molecule has 1 aromatic carbocycles. The highest BCUT2D eigenvalue weighted by molar-refractivity contribution is 7.90. The minimum atomic E-state index is -3.19. The van der Waals surface area contributed by atoms with Crippen LogP contribution < -0.4 is 10.1 Å². The fourth-order valence-electron chi connectivity index (χ4n) is 1.86. The molecule has 0 amide bonds. The predicted molar refractivity (Wildman–Crippen MR) is 78.8 cm³/mol. The fraction of sp³-hybridized carbons (Fsp3) is 0.571. The second-order valence-electron chi connectivity index (χ2n) is 5.55. The second kappa shape index (κ2) is 6.56. The highest BCUT2D eigenvalue weighted by Gasteiger charge is 2.25. The molecule has 0 saturated carbocycles. The van der Waals surface area contributed by atoms with E-state index in [9.17, 15) is 13.5 Å². The maximum absolute atomic E-state index is 11.3. The summed E-state index contributed by atoms with van der Waals surface area (Å²) in [5.41, 5.74) is -0.538. The summed E-state index contributed by atoms with van der Waals surface area (Å²) in [6, 6.07) is 6.48. The topological polar surface area (TPSA) is 75.6 Å². The molecule has 20 heavy (non-hydrogen) atoms. The maximum Gasteiger partial charge on any atom is 0.175 e. The van der Waals surface area contributed by atoms with Crippen LogP contribution in [0.2, 0.25) is 0 Å². The Bertz CT molecular complexity index is 525. The molecule has 0 aliphatic carbocycles. The Hall–Kier alpha value is -1.11. The molecule has 0 saturated heterocycles. The predicted octanol–water partition coefficient (Wildman–Crippen LogP) is 1.22. The van der Waals surface area contributed by atoms with E-state index in [0.29, 0.717) is 12.4 Å². The summed E-state index contributed by atoms with van der Waals surface area (Å²) in [6.45, 7) is 6.11. The first-order valence-electron chi connectivity index (χ1n) is 6.48. The van der Waals surface area contributed by atoms with Crippen LogP contribution in [0.15, 0.2) is 29.2 Å². The smallest absolute Gasteiger partial charge is 0.175 e. The third-order valence-electron chi connectivity index (χ3n) is 2.80. The third kappa shape index (κ3) is 5.11. The van der Waals surface area contributed by atoms with Gasteiger partial charge in [0.15, 0.2) is 9.84 Å². The lowest BCUT2D eigenvalue weighted by atomic mass is 10.0. The quantitative estimate of drug-likeness (QED) is 0.792. The average molecular weight is 301 g/mol. The molecule has 1 atom stereocenters. The Morgan fingerprint density at radius 3 is 2.25 bits per heavy atom. The number of nitrogens with one attached hydrogen (secondary N) is 1. The lowest BCUT2D eigenvalue weighted by molar-refractivity contribution is 0.109. The van der Waals surface area contributed by atoms with Crippen LogP contribution in [-0.2, 0) is 9.84 Å². The van der Waals surface area contributed by atoms with Crippen molar-refractivity contribution in [3.8, 4) is 5.75 Å². The van der Waals surface area contributed by atoms with E-state index in [1.807, 2.05) is 20.8 Å². The lowest BCUT2D eigenvalue weighted by Gasteiger charge is -2.30. The molecule has 1 unspecified atom stereocenters. The van der Waals surface area contributed by atoms with E-state index < -0.39 is 15.4 Å². The first-order chi connectivity index (χ1) is 9.16. The van der Waals surface area contributed by atoms with Crippen molar-refractivity contribution in [2.75, 3.05) is 19.5 Å². The largest absolute Gasteiger partial charge is 0.492 e. The zero-order valence-corrected chi connectivity index (χ0v) is 13.2. The molecular formula is C14H23NO4S. The minimum absolute atomic E-state index is 0.0490. The fourth-order valence-corrected chi connectivity index (χ4v) is 2.49. The lowest BCUT2D eigenvalue weighted by Crippen LogP contribution is -2.53. The van der Waals surface area contributed by atoms with Crippen LogP contribution in [0.5, 0.6) is 5.75 Å². The number of rotatable bonds is 7. The summed E-state index contributed by atoms with van der Waals surface area (Å²) in [5.74, 6) is 0.572. The van der Waals surface area contributed by atoms with Crippen LogP contribution in [0.1, 0.15) is 20.8 Å². The van der Waals surface area contributed by atoms with Crippen molar-refractivity contribution in [3.05, 3.63) is 24.3 Å². The van der Waals surface area contributed by atoms with Crippen molar-refractivity contribution >= 4 is 9.84 Å². The monoisotopic (exact) mass is 301 g/mol. The molecule has 0 fully saturated rings. The summed E-state index contributed by atoms with van der Waals surface area (Å²) >= 11 is 0. The van der Waals surface area contributed by atoms with Crippen LogP contribution >= 0.6 is 0 Å². The van der Waals surface area contributed by atoms with Crippen molar-refractivity contribution in [3.63, 3.8) is 0 Å². The second-order valence-corrected chi connectivity index (χ2v) is 7.57. The Morgan fingerprint density at radius 1 is 1.30 bits per heavy atom. The van der Waals surface area contributed by atoms with Gasteiger partial charge in [0.05, 0.1) is 17.0 Å². The summed E-state index contributed by atoms with van der Waals surface area (Å²) in [4.78, 5) is 0.259. The van der Waals surface area contributed by atoms with Gasteiger partial charge in [-0.1, -0.05) is 13.8 Å². The minimum Gasteiger partial charge on any atom is -0.492 e. The van der Waals surface area contributed by atoms with E-state index >= 15 is 0 Å². The first-order valence-corrected chi connectivity index (χ1v) is 8.37. The third-order valence-corrected chi connectivity index (χ3v) is 3.92. The Kier molecular flexibility index (Phi) is 5.56. The van der Waals surface area contributed by atoms with E-state index in [1.165, 1.54) is 12.1 Å². The maximum atomic E-state index is 11.3. The zero-order valence-electron chi connectivity index (χ0n) is 12.4.